The van der Waals surface area contributed by atoms with Crippen molar-refractivity contribution in [3.8, 4) is 11.3 Å². The summed E-state index contributed by atoms with van der Waals surface area (Å²) in [6, 6.07) is 11.5. The number of hydrogen-bond acceptors (Lipinski definition) is 6. The topological polar surface area (TPSA) is 122 Å². The first kappa shape index (κ1) is 28.4. The molecule has 3 amide bonds. The van der Waals surface area contributed by atoms with Crippen molar-refractivity contribution in [1.82, 2.24) is 20.3 Å². The second kappa shape index (κ2) is 11.8. The molecule has 5 rings (SSSR count). The molecule has 0 radical (unpaired) electrons. The molecule has 1 aliphatic heterocycles. The maximum atomic E-state index is 14.1. The van der Waals surface area contributed by atoms with Crippen molar-refractivity contribution in [2.24, 2.45) is 5.73 Å². The van der Waals surface area contributed by atoms with Gasteiger partial charge in [-0.15, -0.1) is 0 Å². The number of halogens is 3. The van der Waals surface area contributed by atoms with Gasteiger partial charge in [0.25, 0.3) is 17.7 Å². The summed E-state index contributed by atoms with van der Waals surface area (Å²) in [6.45, 7) is 1.87. The average molecular weight is 605 g/mol. The van der Waals surface area contributed by atoms with Gasteiger partial charge in [0.1, 0.15) is 17.0 Å². The number of carbonyl (C=O) groups excluding carboxylic acids is 3. The van der Waals surface area contributed by atoms with Crippen LogP contribution < -0.4 is 11.1 Å². The van der Waals surface area contributed by atoms with E-state index in [0.717, 1.165) is 25.7 Å². The summed E-state index contributed by atoms with van der Waals surface area (Å²) in [7, 11) is 0. The standard InChI is InChI=1S/C28H28Cl3N5O4/c1-15-23(24(34-40-15)19-4-2-3-5-20(19)29)28(39)36-13-12-35(27(38)16-6-11-21(30)22(31)14-16)26(36)25(37)33-18-9-7-17(32)8-10-18/h2-6,11,14,17-18,26H,7-10,12-13,32H2,1H3,(H,33,37). The van der Waals surface area contributed by atoms with E-state index in [1.165, 1.54) is 28.0 Å². The zero-order valence-corrected chi connectivity index (χ0v) is 24.0. The molecule has 2 aliphatic rings. The summed E-state index contributed by atoms with van der Waals surface area (Å²) in [5.74, 6) is -1.13. The molecule has 9 nitrogen and oxygen atoms in total. The molecule has 2 aromatic carbocycles. The van der Waals surface area contributed by atoms with Gasteiger partial charge in [0.2, 0.25) is 0 Å². The molecule has 0 spiro atoms. The summed E-state index contributed by atoms with van der Waals surface area (Å²) >= 11 is 18.6. The van der Waals surface area contributed by atoms with Crippen molar-refractivity contribution in [1.29, 1.82) is 0 Å². The van der Waals surface area contributed by atoms with Crippen LogP contribution in [0.25, 0.3) is 11.3 Å². The molecule has 1 atom stereocenters. The fourth-order valence-electron chi connectivity index (χ4n) is 5.28. The highest BCUT2D eigenvalue weighted by Crippen LogP contribution is 2.33. The number of nitrogens with two attached hydrogens (primary N) is 1. The lowest BCUT2D eigenvalue weighted by molar-refractivity contribution is -0.129. The first-order valence-corrected chi connectivity index (χ1v) is 14.1. The Hall–Kier alpha value is -3.11. The second-order valence-corrected chi connectivity index (χ2v) is 11.3. The minimum atomic E-state index is -1.21. The highest BCUT2D eigenvalue weighted by atomic mass is 35.5. The number of carbonyl (C=O) groups is 3. The highest BCUT2D eigenvalue weighted by molar-refractivity contribution is 6.42. The fourth-order valence-corrected chi connectivity index (χ4v) is 5.80. The maximum absolute atomic E-state index is 14.1. The molecule has 2 heterocycles. The van der Waals surface area contributed by atoms with E-state index in [9.17, 15) is 14.4 Å². The van der Waals surface area contributed by atoms with Crippen molar-refractivity contribution in [3.05, 3.63) is 74.4 Å². The van der Waals surface area contributed by atoms with Crippen molar-refractivity contribution in [2.45, 2.75) is 50.9 Å². The van der Waals surface area contributed by atoms with Crippen LogP contribution in [0.5, 0.6) is 0 Å². The third-order valence-corrected chi connectivity index (χ3v) is 8.49. The van der Waals surface area contributed by atoms with E-state index in [4.69, 9.17) is 45.1 Å². The zero-order valence-electron chi connectivity index (χ0n) is 21.7. The fraction of sp³-hybridized carbons (Fsp3) is 0.357. The number of hydrogen-bond donors (Lipinski definition) is 2. The van der Waals surface area contributed by atoms with E-state index in [1.807, 2.05) is 0 Å². The summed E-state index contributed by atoms with van der Waals surface area (Å²) in [6.07, 6.45) is 1.79. The van der Waals surface area contributed by atoms with Gasteiger partial charge >= 0.3 is 0 Å². The molecule has 1 aromatic heterocycles. The van der Waals surface area contributed by atoms with Crippen LogP contribution in [-0.4, -0.2) is 64.0 Å². The summed E-state index contributed by atoms with van der Waals surface area (Å²) < 4.78 is 5.40. The Kier molecular flexibility index (Phi) is 8.37. The van der Waals surface area contributed by atoms with E-state index in [2.05, 4.69) is 10.5 Å². The average Bonchev–Trinajstić information content (AvgIpc) is 3.55. The normalized spacial score (nSPS) is 21.0. The highest BCUT2D eigenvalue weighted by Gasteiger charge is 2.45. The molecular formula is C28H28Cl3N5O4. The molecule has 1 aliphatic carbocycles. The van der Waals surface area contributed by atoms with Gasteiger partial charge in [-0.05, 0) is 56.9 Å². The number of aryl methyl sites for hydroxylation is 1. The number of aromatic nitrogens is 1. The zero-order chi connectivity index (χ0) is 28.6. The summed E-state index contributed by atoms with van der Waals surface area (Å²) in [5, 5.41) is 8.06. The van der Waals surface area contributed by atoms with Gasteiger partial charge in [0.15, 0.2) is 6.17 Å². The molecule has 1 saturated heterocycles. The Bertz CT molecular complexity index is 1450. The molecule has 2 fully saturated rings. The van der Waals surface area contributed by atoms with E-state index < -0.39 is 23.9 Å². The number of nitrogens with zero attached hydrogens (tertiary/aromatic N) is 3. The third kappa shape index (κ3) is 5.56. The monoisotopic (exact) mass is 603 g/mol. The van der Waals surface area contributed by atoms with Gasteiger partial charge in [-0.3, -0.25) is 14.4 Å². The Morgan fingerprint density at radius 2 is 1.60 bits per heavy atom. The summed E-state index contributed by atoms with van der Waals surface area (Å²) in [5.41, 5.74) is 7.26. The van der Waals surface area contributed by atoms with Crippen LogP contribution in [0.3, 0.4) is 0 Å². The van der Waals surface area contributed by atoms with Gasteiger partial charge in [-0.2, -0.15) is 0 Å². The van der Waals surface area contributed by atoms with Crippen molar-refractivity contribution in [3.63, 3.8) is 0 Å². The minimum Gasteiger partial charge on any atom is -0.360 e. The van der Waals surface area contributed by atoms with Gasteiger partial charge in [-0.25, -0.2) is 0 Å². The predicted molar refractivity (Wildman–Crippen MR) is 152 cm³/mol. The number of nitrogens with one attached hydrogen (secondary N) is 1. The number of benzene rings is 2. The van der Waals surface area contributed by atoms with Crippen LogP contribution in [-0.2, 0) is 4.79 Å². The van der Waals surface area contributed by atoms with E-state index >= 15 is 0 Å². The molecule has 1 unspecified atom stereocenters. The predicted octanol–water partition coefficient (Wildman–Crippen LogP) is 4.92. The largest absolute Gasteiger partial charge is 0.360 e. The smallest absolute Gasteiger partial charge is 0.264 e. The lowest BCUT2D eigenvalue weighted by Gasteiger charge is -2.32. The van der Waals surface area contributed by atoms with E-state index in [-0.39, 0.29) is 52.8 Å². The third-order valence-electron chi connectivity index (χ3n) is 7.42. The Morgan fingerprint density at radius 1 is 0.925 bits per heavy atom. The Morgan fingerprint density at radius 3 is 2.27 bits per heavy atom. The lowest BCUT2D eigenvalue weighted by Crippen LogP contribution is -2.56. The molecule has 1 saturated carbocycles. The molecule has 210 valence electrons. The first-order chi connectivity index (χ1) is 19.2. The Labute approximate surface area is 246 Å². The van der Waals surface area contributed by atoms with Crippen LogP contribution in [0, 0.1) is 6.92 Å². The molecule has 3 aromatic rings. The molecule has 40 heavy (non-hydrogen) atoms. The number of rotatable bonds is 5. The molecule has 3 N–H and O–H groups in total. The van der Waals surface area contributed by atoms with E-state index in [1.54, 1.807) is 31.2 Å². The lowest BCUT2D eigenvalue weighted by atomic mass is 9.92. The van der Waals surface area contributed by atoms with Crippen LogP contribution in [0.2, 0.25) is 15.1 Å². The van der Waals surface area contributed by atoms with Crippen LogP contribution in [0.1, 0.15) is 52.2 Å². The second-order valence-electron chi connectivity index (χ2n) is 10.1. The SMILES string of the molecule is Cc1onc(-c2ccccc2Cl)c1C(=O)N1CCN(C(=O)c2ccc(Cl)c(Cl)c2)C1C(=O)NC1CCC(N)CC1. The van der Waals surface area contributed by atoms with Crippen LogP contribution in [0.4, 0.5) is 0 Å². The van der Waals surface area contributed by atoms with Crippen LogP contribution >= 0.6 is 34.8 Å². The van der Waals surface area contributed by atoms with Crippen molar-refractivity contribution >= 4 is 52.5 Å². The summed E-state index contributed by atoms with van der Waals surface area (Å²) in [4.78, 5) is 44.3. The minimum absolute atomic E-state index is 0.102. The van der Waals surface area contributed by atoms with Crippen molar-refractivity contribution in [2.75, 3.05) is 13.1 Å². The van der Waals surface area contributed by atoms with Gasteiger partial charge < -0.3 is 25.4 Å². The quantitative estimate of drug-likeness (QED) is 0.426. The van der Waals surface area contributed by atoms with Crippen LogP contribution in [0.15, 0.2) is 47.0 Å². The molecule has 12 heteroatoms. The van der Waals surface area contributed by atoms with E-state index in [0.29, 0.717) is 15.6 Å². The number of amides is 3. The first-order valence-electron chi connectivity index (χ1n) is 13.0. The molecule has 0 bridgehead atoms. The Balaban J connectivity index is 1.49. The van der Waals surface area contributed by atoms with Crippen molar-refractivity contribution < 1.29 is 18.9 Å². The molecular weight excluding hydrogens is 577 g/mol. The maximum Gasteiger partial charge on any atom is 0.264 e. The van der Waals surface area contributed by atoms with Gasteiger partial charge in [-0.1, -0.05) is 58.2 Å². The van der Waals surface area contributed by atoms with Gasteiger partial charge in [0.05, 0.1) is 15.1 Å². The van der Waals surface area contributed by atoms with Gasteiger partial charge in [0, 0.05) is 36.3 Å².